The summed E-state index contributed by atoms with van der Waals surface area (Å²) in [5.74, 6) is 1.01. The molecular formula is C35H34N4O8. The molecule has 1 saturated carbocycles. The summed E-state index contributed by atoms with van der Waals surface area (Å²) < 4.78 is 27.8. The first kappa shape index (κ1) is 29.5. The maximum atomic E-state index is 13.7. The number of nitrogens with zero attached hydrogens (tertiary/aromatic N) is 4. The molecule has 1 aliphatic carbocycles. The normalized spacial score (nSPS) is 29.8. The predicted molar refractivity (Wildman–Crippen MR) is 170 cm³/mol. The molecule has 1 N–H and O–H groups in total. The van der Waals surface area contributed by atoms with Crippen molar-refractivity contribution < 1.29 is 28.9 Å². The lowest BCUT2D eigenvalue weighted by atomic mass is 9.78. The molecule has 1 aromatic heterocycles. The molecule has 0 bridgehead atoms. The van der Waals surface area contributed by atoms with Gasteiger partial charge in [-0.2, -0.15) is 0 Å². The van der Waals surface area contributed by atoms with Crippen LogP contribution in [0, 0.1) is 5.92 Å². The van der Waals surface area contributed by atoms with Crippen LogP contribution in [0.1, 0.15) is 24.1 Å². The number of fused-ring (bicyclic) bond motifs is 4. The molecular weight excluding hydrogens is 604 g/mol. The fourth-order valence-corrected chi connectivity index (χ4v) is 6.96. The number of ether oxygens (including phenoxy) is 4. The Hall–Kier alpha value is -4.91. The van der Waals surface area contributed by atoms with Crippen molar-refractivity contribution >= 4 is 5.71 Å². The molecule has 4 aliphatic rings. The number of hydrogen-bond acceptors (Lipinski definition) is 9. The summed E-state index contributed by atoms with van der Waals surface area (Å²) in [6.07, 6.45) is 1.20. The van der Waals surface area contributed by atoms with Crippen LogP contribution in [-0.4, -0.2) is 69.0 Å². The van der Waals surface area contributed by atoms with Crippen molar-refractivity contribution in [3.63, 3.8) is 0 Å². The van der Waals surface area contributed by atoms with Crippen molar-refractivity contribution in [2.75, 3.05) is 13.7 Å². The van der Waals surface area contributed by atoms with Crippen molar-refractivity contribution in [2.45, 2.75) is 55.6 Å². The molecule has 8 atom stereocenters. The molecule has 8 rings (SSSR count). The Morgan fingerprint density at radius 3 is 2.36 bits per heavy atom. The van der Waals surface area contributed by atoms with E-state index in [1.165, 1.54) is 9.36 Å². The molecule has 3 aliphatic heterocycles. The first-order chi connectivity index (χ1) is 23.0. The number of aromatic nitrogens is 3. The number of epoxide rings is 1. The number of methoxy groups -OCH3 is 1. The van der Waals surface area contributed by atoms with Crippen LogP contribution in [0.15, 0.2) is 112 Å². The second-order valence-corrected chi connectivity index (χ2v) is 12.1. The zero-order valence-electron chi connectivity index (χ0n) is 25.6. The van der Waals surface area contributed by atoms with E-state index in [-0.39, 0.29) is 25.2 Å². The fourth-order valence-electron chi connectivity index (χ4n) is 6.96. The number of benzene rings is 3. The van der Waals surface area contributed by atoms with Gasteiger partial charge in [0.15, 0.2) is 0 Å². The summed E-state index contributed by atoms with van der Waals surface area (Å²) in [6.45, 7) is 0.357. The molecule has 1 saturated heterocycles. The summed E-state index contributed by atoms with van der Waals surface area (Å²) in [7, 11) is 1.61. The lowest BCUT2D eigenvalue weighted by Crippen LogP contribution is -2.53. The lowest BCUT2D eigenvalue weighted by molar-refractivity contribution is -0.0882. The van der Waals surface area contributed by atoms with E-state index >= 15 is 0 Å². The van der Waals surface area contributed by atoms with E-state index in [2.05, 4.69) is 5.16 Å². The van der Waals surface area contributed by atoms with Gasteiger partial charge in [0, 0.05) is 12.5 Å². The maximum Gasteiger partial charge on any atom is 0.352 e. The molecule has 0 radical (unpaired) electrons. The number of para-hydroxylation sites is 1. The van der Waals surface area contributed by atoms with E-state index in [1.807, 2.05) is 72.8 Å². The molecule has 242 valence electrons. The second kappa shape index (κ2) is 12.0. The minimum absolute atomic E-state index is 0.0738. The molecule has 12 nitrogen and oxygen atoms in total. The van der Waals surface area contributed by atoms with Crippen molar-refractivity contribution in [3.05, 3.63) is 124 Å². The number of aliphatic hydroxyl groups excluding tert-OH is 1. The Kier molecular flexibility index (Phi) is 7.55. The Labute approximate surface area is 269 Å². The zero-order valence-corrected chi connectivity index (χ0v) is 25.6. The highest BCUT2D eigenvalue weighted by Gasteiger charge is 2.61. The Morgan fingerprint density at radius 2 is 1.62 bits per heavy atom. The van der Waals surface area contributed by atoms with Gasteiger partial charge in [-0.1, -0.05) is 59.8 Å². The van der Waals surface area contributed by atoms with E-state index in [1.54, 1.807) is 31.4 Å². The summed E-state index contributed by atoms with van der Waals surface area (Å²) >= 11 is 0. The number of oxime groups is 1. The first-order valence-corrected chi connectivity index (χ1v) is 15.7. The third kappa shape index (κ3) is 5.28. The minimum Gasteiger partial charge on any atom is -0.497 e. The van der Waals surface area contributed by atoms with Crippen LogP contribution in [0.2, 0.25) is 0 Å². The third-order valence-electron chi connectivity index (χ3n) is 9.34. The summed E-state index contributed by atoms with van der Waals surface area (Å²) in [5.41, 5.74) is 1.13. The average molecular weight is 639 g/mol. The molecule has 2 fully saturated rings. The second-order valence-electron chi connectivity index (χ2n) is 12.1. The van der Waals surface area contributed by atoms with Gasteiger partial charge in [-0.3, -0.25) is 0 Å². The highest BCUT2D eigenvalue weighted by molar-refractivity contribution is 5.94. The standard InChI is InChI=1S/C35H34N4O8/c1-43-23-12-14-24(15-13-23)45-27-17-16-26(21-8-4-2-5-9-21)46-28(27)20-44-36-29-25-18-19-37-34(41)38(22-10-6-3-7-11-22)35(42)39(37)30(25)31(40)33-32(29)47-33/h2-17,25-28,30-33,40H,18-20H2,1H3/b36-29+/t25-,26-,27-,28-,30+,31-,32+,33+/m0/s1. The van der Waals surface area contributed by atoms with Gasteiger partial charge in [-0.05, 0) is 54.5 Å². The van der Waals surface area contributed by atoms with Crippen LogP contribution in [0.5, 0.6) is 11.5 Å². The molecule has 47 heavy (non-hydrogen) atoms. The molecule has 0 spiro atoms. The third-order valence-corrected chi connectivity index (χ3v) is 9.34. The Balaban J connectivity index is 1.05. The molecule has 3 aromatic carbocycles. The van der Waals surface area contributed by atoms with E-state index in [0.717, 1.165) is 15.9 Å². The van der Waals surface area contributed by atoms with Gasteiger partial charge in [0.25, 0.3) is 0 Å². The van der Waals surface area contributed by atoms with Gasteiger partial charge < -0.3 is 28.9 Å². The molecule has 4 heterocycles. The Bertz CT molecular complexity index is 1920. The molecule has 0 unspecified atom stereocenters. The summed E-state index contributed by atoms with van der Waals surface area (Å²) in [4.78, 5) is 33.1. The van der Waals surface area contributed by atoms with E-state index in [0.29, 0.717) is 23.6 Å². The predicted octanol–water partition coefficient (Wildman–Crippen LogP) is 3.03. The summed E-state index contributed by atoms with van der Waals surface area (Å²) in [6, 6.07) is 25.3. The number of aliphatic hydroxyl groups is 1. The van der Waals surface area contributed by atoms with Crippen LogP contribution in [-0.2, 0) is 20.9 Å². The highest BCUT2D eigenvalue weighted by atomic mass is 16.7. The van der Waals surface area contributed by atoms with Crippen LogP contribution in [0.4, 0.5) is 0 Å². The zero-order chi connectivity index (χ0) is 32.1. The van der Waals surface area contributed by atoms with Crippen molar-refractivity contribution in [1.29, 1.82) is 0 Å². The van der Waals surface area contributed by atoms with Gasteiger partial charge >= 0.3 is 11.4 Å². The van der Waals surface area contributed by atoms with E-state index < -0.39 is 47.9 Å². The van der Waals surface area contributed by atoms with E-state index in [4.69, 9.17) is 23.8 Å². The van der Waals surface area contributed by atoms with Gasteiger partial charge in [-0.25, -0.2) is 23.5 Å². The quantitative estimate of drug-likeness (QED) is 0.177. The van der Waals surface area contributed by atoms with Gasteiger partial charge in [-0.15, -0.1) is 0 Å². The van der Waals surface area contributed by atoms with Crippen LogP contribution in [0.25, 0.3) is 5.69 Å². The molecule has 0 amide bonds. The van der Waals surface area contributed by atoms with Crippen molar-refractivity contribution in [1.82, 2.24) is 13.9 Å². The van der Waals surface area contributed by atoms with Gasteiger partial charge in [0.2, 0.25) is 0 Å². The minimum atomic E-state index is -0.986. The topological polar surface area (TPSA) is 131 Å². The maximum absolute atomic E-state index is 13.7. The first-order valence-electron chi connectivity index (χ1n) is 15.7. The van der Waals surface area contributed by atoms with Gasteiger partial charge in [0.1, 0.15) is 54.7 Å². The van der Waals surface area contributed by atoms with E-state index in [9.17, 15) is 14.7 Å². The average Bonchev–Trinajstić information content (AvgIpc) is 3.88. The SMILES string of the molecule is COc1ccc(O[C@H]2C=C[C@@H](c3ccccc3)O[C@H]2CO/N=C2/[C@H]3O[C@@H]3[C@@H](O)[C@H]3[C@H]2CCn2c(=O)n(-c4ccccc4)c(=O)n23)cc1. The van der Waals surface area contributed by atoms with Crippen LogP contribution >= 0.6 is 0 Å². The summed E-state index contributed by atoms with van der Waals surface area (Å²) in [5, 5.41) is 15.9. The number of rotatable bonds is 8. The van der Waals surface area contributed by atoms with Crippen molar-refractivity contribution in [3.8, 4) is 17.2 Å². The lowest BCUT2D eigenvalue weighted by Gasteiger charge is -2.38. The smallest absolute Gasteiger partial charge is 0.352 e. The highest BCUT2D eigenvalue weighted by Crippen LogP contribution is 2.46. The monoisotopic (exact) mass is 638 g/mol. The Morgan fingerprint density at radius 1 is 0.894 bits per heavy atom. The molecule has 12 heteroatoms. The fraction of sp³-hybridized carbons (Fsp3) is 0.343. The van der Waals surface area contributed by atoms with Crippen LogP contribution < -0.4 is 20.9 Å². The molecule has 4 aromatic rings. The van der Waals surface area contributed by atoms with Crippen LogP contribution in [0.3, 0.4) is 0 Å². The van der Waals surface area contributed by atoms with Crippen molar-refractivity contribution in [2.24, 2.45) is 11.1 Å². The largest absolute Gasteiger partial charge is 0.497 e. The number of hydrogen-bond donors (Lipinski definition) is 1. The van der Waals surface area contributed by atoms with Gasteiger partial charge in [0.05, 0.1) is 24.6 Å².